The van der Waals surface area contributed by atoms with E-state index in [-0.39, 0.29) is 0 Å². The van der Waals surface area contributed by atoms with E-state index in [4.69, 9.17) is 0 Å². The predicted molar refractivity (Wildman–Crippen MR) is 47.5 cm³/mol. The molecule has 0 saturated heterocycles. The van der Waals surface area contributed by atoms with Gasteiger partial charge in [-0.15, -0.1) is 0 Å². The van der Waals surface area contributed by atoms with Crippen molar-refractivity contribution in [3.05, 3.63) is 12.2 Å². The van der Waals surface area contributed by atoms with E-state index in [0.717, 1.165) is 12.0 Å². The first-order valence-corrected chi connectivity index (χ1v) is 4.83. The molecular weight excluding hydrogens is 134 g/mol. The molecule has 0 spiro atoms. The summed E-state index contributed by atoms with van der Waals surface area (Å²) in [6.07, 6.45) is 11.5. The van der Waals surface area contributed by atoms with Gasteiger partial charge >= 0.3 is 0 Å². The molecule has 62 valence electrons. The van der Waals surface area contributed by atoms with Crippen LogP contribution in [-0.4, -0.2) is 12.6 Å². The second-order valence-corrected chi connectivity index (χ2v) is 3.84. The van der Waals surface area contributed by atoms with Crippen LogP contribution in [0.5, 0.6) is 0 Å². The molecule has 1 fully saturated rings. The summed E-state index contributed by atoms with van der Waals surface area (Å²) in [5.41, 5.74) is 0. The van der Waals surface area contributed by atoms with Gasteiger partial charge in [-0.3, -0.25) is 0 Å². The Labute approximate surface area is 68.9 Å². The highest BCUT2D eigenvalue weighted by molar-refractivity contribution is 4.97. The van der Waals surface area contributed by atoms with Crippen LogP contribution in [0.25, 0.3) is 0 Å². The molecule has 0 aromatic heterocycles. The van der Waals surface area contributed by atoms with Crippen LogP contribution in [-0.2, 0) is 0 Å². The van der Waals surface area contributed by atoms with Crippen molar-refractivity contribution in [3.63, 3.8) is 0 Å². The molecule has 0 atom stereocenters. The highest BCUT2D eigenvalue weighted by Gasteiger charge is 2.18. The minimum absolute atomic E-state index is 0.774. The minimum Gasteiger partial charge on any atom is -0.313 e. The van der Waals surface area contributed by atoms with Gasteiger partial charge in [-0.05, 0) is 38.1 Å². The smallest absolute Gasteiger partial charge is 0.0136 e. The maximum atomic E-state index is 3.62. The standard InChI is InChI=1S/C10H17N/c1-2-7-10(6-1)11-8-9-4-3-5-9/h1-2,9-11H,3-8H2. The molecule has 0 aliphatic heterocycles. The average Bonchev–Trinajstić information content (AvgIpc) is 2.36. The Bertz CT molecular complexity index is 139. The quantitative estimate of drug-likeness (QED) is 0.609. The molecule has 2 aliphatic rings. The summed E-state index contributed by atoms with van der Waals surface area (Å²) in [7, 11) is 0. The highest BCUT2D eigenvalue weighted by Crippen LogP contribution is 2.25. The lowest BCUT2D eigenvalue weighted by Crippen LogP contribution is -2.33. The van der Waals surface area contributed by atoms with Crippen LogP contribution < -0.4 is 5.32 Å². The summed E-state index contributed by atoms with van der Waals surface area (Å²) in [6, 6.07) is 0.774. The largest absolute Gasteiger partial charge is 0.313 e. The molecule has 0 radical (unpaired) electrons. The fraction of sp³-hybridized carbons (Fsp3) is 0.800. The van der Waals surface area contributed by atoms with Gasteiger partial charge in [0.2, 0.25) is 0 Å². The Balaban J connectivity index is 1.58. The van der Waals surface area contributed by atoms with E-state index >= 15 is 0 Å². The molecule has 0 aromatic carbocycles. The van der Waals surface area contributed by atoms with E-state index in [0.29, 0.717) is 0 Å². The number of rotatable bonds is 3. The first-order valence-electron chi connectivity index (χ1n) is 4.83. The summed E-state index contributed by atoms with van der Waals surface area (Å²) in [6.45, 7) is 1.27. The lowest BCUT2D eigenvalue weighted by Gasteiger charge is -2.27. The predicted octanol–water partition coefficient (Wildman–Crippen LogP) is 2.09. The van der Waals surface area contributed by atoms with Gasteiger partial charge in [0.25, 0.3) is 0 Å². The van der Waals surface area contributed by atoms with Crippen molar-refractivity contribution in [1.82, 2.24) is 5.32 Å². The third-order valence-electron chi connectivity index (χ3n) is 2.93. The van der Waals surface area contributed by atoms with E-state index < -0.39 is 0 Å². The third kappa shape index (κ3) is 1.84. The Kier molecular flexibility index (Phi) is 2.27. The number of hydrogen-bond donors (Lipinski definition) is 1. The zero-order valence-corrected chi connectivity index (χ0v) is 7.05. The first kappa shape index (κ1) is 7.35. The molecule has 0 amide bonds. The van der Waals surface area contributed by atoms with E-state index in [2.05, 4.69) is 17.5 Å². The molecular formula is C10H17N. The van der Waals surface area contributed by atoms with Crippen LogP contribution in [0.3, 0.4) is 0 Å². The molecule has 2 rings (SSSR count). The molecule has 0 heterocycles. The van der Waals surface area contributed by atoms with Crippen LogP contribution >= 0.6 is 0 Å². The normalized spacial score (nSPS) is 25.8. The lowest BCUT2D eigenvalue weighted by atomic mass is 9.85. The topological polar surface area (TPSA) is 12.0 Å². The van der Waals surface area contributed by atoms with E-state index in [1.54, 1.807) is 0 Å². The molecule has 2 aliphatic carbocycles. The van der Waals surface area contributed by atoms with Crippen molar-refractivity contribution in [2.45, 2.75) is 38.1 Å². The zero-order valence-electron chi connectivity index (χ0n) is 7.05. The second-order valence-electron chi connectivity index (χ2n) is 3.84. The van der Waals surface area contributed by atoms with Gasteiger partial charge in [-0.2, -0.15) is 0 Å². The maximum Gasteiger partial charge on any atom is 0.0136 e. The van der Waals surface area contributed by atoms with Crippen molar-refractivity contribution in [3.8, 4) is 0 Å². The molecule has 1 nitrogen and oxygen atoms in total. The van der Waals surface area contributed by atoms with Crippen LogP contribution in [0.2, 0.25) is 0 Å². The number of nitrogens with one attached hydrogen (secondary N) is 1. The summed E-state index contributed by atoms with van der Waals surface area (Å²) < 4.78 is 0. The van der Waals surface area contributed by atoms with Crippen LogP contribution in [0, 0.1) is 5.92 Å². The van der Waals surface area contributed by atoms with Gasteiger partial charge < -0.3 is 5.32 Å². The minimum atomic E-state index is 0.774. The van der Waals surface area contributed by atoms with Crippen molar-refractivity contribution < 1.29 is 0 Å². The molecule has 1 saturated carbocycles. The molecule has 0 aromatic rings. The summed E-state index contributed by atoms with van der Waals surface area (Å²) in [5.74, 6) is 1.01. The fourth-order valence-electron chi connectivity index (χ4n) is 1.81. The van der Waals surface area contributed by atoms with Crippen LogP contribution in [0.4, 0.5) is 0 Å². The van der Waals surface area contributed by atoms with Gasteiger partial charge in [0, 0.05) is 6.04 Å². The van der Waals surface area contributed by atoms with E-state index in [9.17, 15) is 0 Å². The monoisotopic (exact) mass is 151 g/mol. The number of hydrogen-bond acceptors (Lipinski definition) is 1. The van der Waals surface area contributed by atoms with Gasteiger partial charge in [-0.25, -0.2) is 0 Å². The van der Waals surface area contributed by atoms with Gasteiger partial charge in [0.1, 0.15) is 0 Å². The molecule has 0 bridgehead atoms. The Morgan fingerprint density at radius 2 is 1.91 bits per heavy atom. The van der Waals surface area contributed by atoms with Gasteiger partial charge in [0.05, 0.1) is 0 Å². The highest BCUT2D eigenvalue weighted by atomic mass is 14.9. The average molecular weight is 151 g/mol. The Morgan fingerprint density at radius 1 is 1.18 bits per heavy atom. The maximum absolute atomic E-state index is 3.62. The SMILES string of the molecule is C1=CCC(NCC2CCC2)C1. The summed E-state index contributed by atoms with van der Waals surface area (Å²) >= 11 is 0. The lowest BCUT2D eigenvalue weighted by molar-refractivity contribution is 0.290. The second kappa shape index (κ2) is 3.40. The molecule has 11 heavy (non-hydrogen) atoms. The van der Waals surface area contributed by atoms with Crippen molar-refractivity contribution in [2.24, 2.45) is 5.92 Å². The van der Waals surface area contributed by atoms with Crippen LogP contribution in [0.15, 0.2) is 12.2 Å². The summed E-state index contributed by atoms with van der Waals surface area (Å²) in [5, 5.41) is 3.62. The van der Waals surface area contributed by atoms with Gasteiger partial charge in [-0.1, -0.05) is 18.6 Å². The third-order valence-corrected chi connectivity index (χ3v) is 2.93. The fourth-order valence-corrected chi connectivity index (χ4v) is 1.81. The van der Waals surface area contributed by atoms with Crippen molar-refractivity contribution in [1.29, 1.82) is 0 Å². The van der Waals surface area contributed by atoms with Crippen LogP contribution in [0.1, 0.15) is 32.1 Å². The van der Waals surface area contributed by atoms with Crippen molar-refractivity contribution in [2.75, 3.05) is 6.54 Å². The molecule has 1 heteroatoms. The van der Waals surface area contributed by atoms with Crippen molar-refractivity contribution >= 4 is 0 Å². The van der Waals surface area contributed by atoms with E-state index in [1.165, 1.54) is 38.6 Å². The molecule has 1 N–H and O–H groups in total. The zero-order chi connectivity index (χ0) is 7.52. The summed E-state index contributed by atoms with van der Waals surface area (Å²) in [4.78, 5) is 0. The Morgan fingerprint density at radius 3 is 2.45 bits per heavy atom. The Hall–Kier alpha value is -0.300. The first-order chi connectivity index (χ1) is 5.45. The van der Waals surface area contributed by atoms with Gasteiger partial charge in [0.15, 0.2) is 0 Å². The van der Waals surface area contributed by atoms with E-state index in [1.807, 2.05) is 0 Å². The molecule has 0 unspecified atom stereocenters.